The van der Waals surface area contributed by atoms with Crippen molar-refractivity contribution in [2.45, 2.75) is 0 Å². The quantitative estimate of drug-likeness (QED) is 0.187. The van der Waals surface area contributed by atoms with Gasteiger partial charge in [-0.05, 0) is 67.1 Å². The van der Waals surface area contributed by atoms with Crippen molar-refractivity contribution in [3.8, 4) is 22.3 Å². The minimum Gasteiger partial charge on any atom is -0.135 e. The molecule has 0 aliphatic heterocycles. The smallest absolute Gasteiger partial charge is 0.0362 e. The van der Waals surface area contributed by atoms with Crippen LogP contribution in [0.3, 0.4) is 0 Å². The van der Waals surface area contributed by atoms with E-state index in [0.29, 0.717) is 11.8 Å². The molecule has 2 atom stereocenters. The van der Waals surface area contributed by atoms with Gasteiger partial charge in [-0.3, -0.25) is 0 Å². The van der Waals surface area contributed by atoms with E-state index in [1.807, 2.05) is 11.3 Å². The molecule has 0 N–H and O–H groups in total. The van der Waals surface area contributed by atoms with Crippen molar-refractivity contribution in [2.75, 3.05) is 0 Å². The molecule has 7 aromatic rings. The van der Waals surface area contributed by atoms with Gasteiger partial charge in [-0.1, -0.05) is 146 Å². The molecule has 202 valence electrons. The number of allylic oxidation sites excluding steroid dienone is 8. The van der Waals surface area contributed by atoms with Crippen molar-refractivity contribution in [2.24, 2.45) is 11.8 Å². The van der Waals surface area contributed by atoms with Gasteiger partial charge in [0.15, 0.2) is 0 Å². The topological polar surface area (TPSA) is 0 Å². The Morgan fingerprint density at radius 2 is 1.05 bits per heavy atom. The Labute approximate surface area is 255 Å². The third kappa shape index (κ3) is 3.75. The lowest BCUT2D eigenvalue weighted by Gasteiger charge is -2.29. The predicted octanol–water partition coefficient (Wildman–Crippen LogP) is 12.0. The maximum atomic E-state index is 2.38. The lowest BCUT2D eigenvalue weighted by Crippen LogP contribution is -2.15. The zero-order valence-electron chi connectivity index (χ0n) is 23.6. The zero-order valence-corrected chi connectivity index (χ0v) is 24.4. The number of hydrogen-bond donors (Lipinski definition) is 0. The molecule has 43 heavy (non-hydrogen) atoms. The van der Waals surface area contributed by atoms with Crippen LogP contribution in [0.5, 0.6) is 0 Å². The average molecular weight is 565 g/mol. The summed E-state index contributed by atoms with van der Waals surface area (Å²) >= 11 is 1.89. The summed E-state index contributed by atoms with van der Waals surface area (Å²) < 4.78 is 2.66. The summed E-state index contributed by atoms with van der Waals surface area (Å²) in [6.07, 6.45) is 16.0. The van der Waals surface area contributed by atoms with Crippen LogP contribution in [0.1, 0.15) is 5.56 Å². The SMILES string of the molecule is C1=CC2C=CC=C(c3c4ccccc4c(-c4ccc5sc6ccccc6c5c4-c4ccccc4)c4ccccc34)C2C=C1. The first-order chi connectivity index (χ1) is 21.4. The minimum absolute atomic E-state index is 0.334. The van der Waals surface area contributed by atoms with Crippen LogP contribution in [0, 0.1) is 11.8 Å². The molecule has 2 aliphatic rings. The van der Waals surface area contributed by atoms with Gasteiger partial charge in [-0.25, -0.2) is 0 Å². The summed E-state index contributed by atoms with van der Waals surface area (Å²) in [6.45, 7) is 0. The summed E-state index contributed by atoms with van der Waals surface area (Å²) in [6, 6.07) is 42.7. The molecule has 0 bridgehead atoms. The molecule has 1 heteroatoms. The van der Waals surface area contributed by atoms with Crippen LogP contribution in [0.4, 0.5) is 0 Å². The van der Waals surface area contributed by atoms with Crippen LogP contribution < -0.4 is 0 Å². The highest BCUT2D eigenvalue weighted by Crippen LogP contribution is 2.50. The summed E-state index contributed by atoms with van der Waals surface area (Å²) in [4.78, 5) is 0. The highest BCUT2D eigenvalue weighted by atomic mass is 32.1. The first-order valence-corrected chi connectivity index (χ1v) is 15.9. The van der Waals surface area contributed by atoms with Crippen LogP contribution in [0.2, 0.25) is 0 Å². The van der Waals surface area contributed by atoms with Crippen LogP contribution >= 0.6 is 11.3 Å². The average Bonchev–Trinajstić information content (AvgIpc) is 3.46. The van der Waals surface area contributed by atoms with Crippen LogP contribution in [-0.4, -0.2) is 0 Å². The fraction of sp³-hybridized carbons (Fsp3) is 0.0476. The highest BCUT2D eigenvalue weighted by Gasteiger charge is 2.28. The Kier molecular flexibility index (Phi) is 5.61. The molecule has 0 spiro atoms. The van der Waals surface area contributed by atoms with Gasteiger partial charge in [-0.2, -0.15) is 0 Å². The van der Waals surface area contributed by atoms with Crippen LogP contribution in [-0.2, 0) is 0 Å². The van der Waals surface area contributed by atoms with Gasteiger partial charge < -0.3 is 0 Å². The lowest BCUT2D eigenvalue weighted by molar-refractivity contribution is 0.679. The first kappa shape index (κ1) is 24.6. The van der Waals surface area contributed by atoms with Gasteiger partial charge in [0.05, 0.1) is 0 Å². The maximum absolute atomic E-state index is 2.38. The van der Waals surface area contributed by atoms with Gasteiger partial charge in [0.2, 0.25) is 0 Å². The van der Waals surface area contributed by atoms with Crippen molar-refractivity contribution in [1.29, 1.82) is 0 Å². The Hall–Kier alpha value is -4.98. The highest BCUT2D eigenvalue weighted by molar-refractivity contribution is 7.26. The molecule has 1 aromatic heterocycles. The van der Waals surface area contributed by atoms with E-state index >= 15 is 0 Å². The van der Waals surface area contributed by atoms with E-state index in [1.165, 1.54) is 75.1 Å². The summed E-state index contributed by atoms with van der Waals surface area (Å²) in [7, 11) is 0. The molecule has 9 rings (SSSR count). The molecule has 0 saturated heterocycles. The first-order valence-electron chi connectivity index (χ1n) is 15.0. The molecule has 0 nitrogen and oxygen atoms in total. The number of hydrogen-bond acceptors (Lipinski definition) is 1. The maximum Gasteiger partial charge on any atom is 0.0362 e. The van der Waals surface area contributed by atoms with Crippen LogP contribution in [0.15, 0.2) is 158 Å². The second-order valence-corrected chi connectivity index (χ2v) is 12.6. The summed E-state index contributed by atoms with van der Waals surface area (Å²) in [5.41, 5.74) is 7.93. The van der Waals surface area contributed by atoms with Crippen molar-refractivity contribution in [1.82, 2.24) is 0 Å². The van der Waals surface area contributed by atoms with Gasteiger partial charge in [0, 0.05) is 32.0 Å². The molecule has 0 radical (unpaired) electrons. The molecule has 0 fully saturated rings. The molecule has 0 saturated carbocycles. The third-order valence-electron chi connectivity index (χ3n) is 9.24. The van der Waals surface area contributed by atoms with E-state index in [1.54, 1.807) is 0 Å². The Morgan fingerprint density at radius 3 is 1.79 bits per heavy atom. The van der Waals surface area contributed by atoms with E-state index in [9.17, 15) is 0 Å². The molecule has 2 aliphatic carbocycles. The van der Waals surface area contributed by atoms with Gasteiger partial charge >= 0.3 is 0 Å². The molecule has 1 heterocycles. The van der Waals surface area contributed by atoms with E-state index in [4.69, 9.17) is 0 Å². The normalized spacial score (nSPS) is 17.6. The Bertz CT molecular complexity index is 2290. The van der Waals surface area contributed by atoms with Gasteiger partial charge in [0.25, 0.3) is 0 Å². The molecule has 6 aromatic carbocycles. The second-order valence-electron chi connectivity index (χ2n) is 11.5. The van der Waals surface area contributed by atoms with E-state index in [2.05, 4.69) is 158 Å². The molecule has 0 amide bonds. The molecular formula is C42H28S. The standard InChI is InChI=1S/C42H28S/c1-2-14-28(15-3-1)39-36(25-26-38-42(39)35-22-10-11-24-37(35)43-38)41-33-20-8-6-18-31(33)40(32-19-7-9-21-34(32)41)30-23-12-16-27-13-4-5-17-29(27)30/h1-27,29H. The number of fused-ring (bicyclic) bond motifs is 6. The van der Waals surface area contributed by atoms with E-state index < -0.39 is 0 Å². The van der Waals surface area contributed by atoms with Gasteiger partial charge in [-0.15, -0.1) is 11.3 Å². The Balaban J connectivity index is 1.44. The van der Waals surface area contributed by atoms with Crippen molar-refractivity contribution in [3.63, 3.8) is 0 Å². The van der Waals surface area contributed by atoms with Crippen molar-refractivity contribution < 1.29 is 0 Å². The van der Waals surface area contributed by atoms with Crippen molar-refractivity contribution in [3.05, 3.63) is 163 Å². The second kappa shape index (κ2) is 9.80. The number of rotatable bonds is 3. The number of benzene rings is 6. The minimum atomic E-state index is 0.334. The van der Waals surface area contributed by atoms with E-state index in [-0.39, 0.29) is 0 Å². The lowest BCUT2D eigenvalue weighted by atomic mass is 9.74. The predicted molar refractivity (Wildman–Crippen MR) is 188 cm³/mol. The fourth-order valence-corrected chi connectivity index (χ4v) is 8.54. The largest absolute Gasteiger partial charge is 0.135 e. The summed E-state index contributed by atoms with van der Waals surface area (Å²) in [5, 5.41) is 7.91. The molecular weight excluding hydrogens is 537 g/mol. The van der Waals surface area contributed by atoms with E-state index in [0.717, 1.165) is 0 Å². The van der Waals surface area contributed by atoms with Crippen molar-refractivity contribution >= 4 is 58.6 Å². The van der Waals surface area contributed by atoms with Crippen LogP contribution in [0.25, 0.3) is 69.5 Å². The third-order valence-corrected chi connectivity index (χ3v) is 10.4. The zero-order chi connectivity index (χ0) is 28.3. The fourth-order valence-electron chi connectivity index (χ4n) is 7.43. The van der Waals surface area contributed by atoms with Gasteiger partial charge in [0.1, 0.15) is 0 Å². The monoisotopic (exact) mass is 564 g/mol. The Morgan fingerprint density at radius 1 is 0.442 bits per heavy atom. The summed E-state index contributed by atoms with van der Waals surface area (Å²) in [5.74, 6) is 0.724. The number of thiophene rings is 1. The molecule has 2 unspecified atom stereocenters.